The van der Waals surface area contributed by atoms with Crippen LogP contribution in [0.4, 0.5) is 13.2 Å². The highest BCUT2D eigenvalue weighted by molar-refractivity contribution is 6.02. The number of benzene rings is 1. The maximum atomic E-state index is 12.6. The number of hydrogen-bond acceptors (Lipinski definition) is 1. The van der Waals surface area contributed by atoms with Crippen molar-refractivity contribution in [1.29, 1.82) is 0 Å². The molecule has 1 aliphatic carbocycles. The Hall–Kier alpha value is -1.32. The lowest BCUT2D eigenvalue weighted by molar-refractivity contribution is -0.137. The average molecular weight is 284 g/mol. The van der Waals surface area contributed by atoms with Gasteiger partial charge in [0.1, 0.15) is 0 Å². The Balaban J connectivity index is 2.35. The van der Waals surface area contributed by atoms with E-state index in [1.165, 1.54) is 6.07 Å². The van der Waals surface area contributed by atoms with Crippen molar-refractivity contribution in [3.8, 4) is 0 Å². The van der Waals surface area contributed by atoms with Gasteiger partial charge < -0.3 is 0 Å². The summed E-state index contributed by atoms with van der Waals surface area (Å²) >= 11 is 0. The van der Waals surface area contributed by atoms with Crippen LogP contribution in [0.15, 0.2) is 18.2 Å². The van der Waals surface area contributed by atoms with Crippen molar-refractivity contribution in [1.82, 2.24) is 0 Å². The molecule has 20 heavy (non-hydrogen) atoms. The minimum Gasteiger partial charge on any atom is -0.294 e. The summed E-state index contributed by atoms with van der Waals surface area (Å²) in [4.78, 5) is 12.5. The van der Waals surface area contributed by atoms with E-state index >= 15 is 0 Å². The molecule has 1 aliphatic rings. The second-order valence-corrected chi connectivity index (χ2v) is 6.77. The largest absolute Gasteiger partial charge is 0.416 e. The molecule has 4 heteroatoms. The number of hydrogen-bond donors (Lipinski definition) is 0. The smallest absolute Gasteiger partial charge is 0.294 e. The lowest BCUT2D eigenvalue weighted by Gasteiger charge is -2.11. The van der Waals surface area contributed by atoms with Gasteiger partial charge in [0, 0.05) is 11.5 Å². The zero-order valence-corrected chi connectivity index (χ0v) is 12.4. The Kier molecular flexibility index (Phi) is 3.08. The van der Waals surface area contributed by atoms with Crippen molar-refractivity contribution in [2.75, 3.05) is 0 Å². The number of Topliss-reactive ketones (excluding diaryl/α,β-unsaturated/α-hetero) is 1. The molecule has 1 nitrogen and oxygen atoms in total. The highest BCUT2D eigenvalue weighted by Gasteiger charge is 2.67. The Morgan fingerprint density at radius 1 is 1.10 bits per heavy atom. The molecule has 0 amide bonds. The van der Waals surface area contributed by atoms with E-state index in [9.17, 15) is 18.0 Å². The molecule has 0 heterocycles. The number of halogens is 3. The van der Waals surface area contributed by atoms with Crippen LogP contribution < -0.4 is 0 Å². The summed E-state index contributed by atoms with van der Waals surface area (Å²) in [6, 6.07) is 3.35. The molecule has 2 rings (SSSR count). The van der Waals surface area contributed by atoms with Gasteiger partial charge in [-0.2, -0.15) is 13.2 Å². The first kappa shape index (κ1) is 15.1. The molecule has 0 spiro atoms. The molecule has 0 saturated heterocycles. The quantitative estimate of drug-likeness (QED) is 0.707. The van der Waals surface area contributed by atoms with Crippen molar-refractivity contribution in [3.63, 3.8) is 0 Å². The lowest BCUT2D eigenvalue weighted by Crippen LogP contribution is -2.11. The first-order valence-corrected chi connectivity index (χ1v) is 6.63. The molecule has 110 valence electrons. The minimum atomic E-state index is -4.37. The molecule has 0 bridgehead atoms. The maximum Gasteiger partial charge on any atom is 0.416 e. The van der Waals surface area contributed by atoms with Gasteiger partial charge in [-0.3, -0.25) is 4.79 Å². The molecule has 1 aromatic rings. The van der Waals surface area contributed by atoms with Crippen molar-refractivity contribution >= 4 is 5.78 Å². The van der Waals surface area contributed by atoms with E-state index in [0.717, 1.165) is 12.1 Å². The minimum absolute atomic E-state index is 0.0498. The molecular weight excluding hydrogens is 265 g/mol. The van der Waals surface area contributed by atoms with Crippen LogP contribution in [0.2, 0.25) is 0 Å². The predicted octanol–water partition coefficient (Wildman–Crippen LogP) is 4.88. The monoisotopic (exact) mass is 284 g/mol. The average Bonchev–Trinajstić information content (AvgIpc) is 2.67. The van der Waals surface area contributed by atoms with Crippen molar-refractivity contribution in [2.24, 2.45) is 16.7 Å². The Morgan fingerprint density at radius 3 is 1.95 bits per heavy atom. The SMILES string of the molecule is Cc1cc(C(F)(F)F)ccc1C(=O)C1C(C)(C)C1(C)C. The predicted molar refractivity (Wildman–Crippen MR) is 71.6 cm³/mol. The molecule has 0 radical (unpaired) electrons. The second-order valence-electron chi connectivity index (χ2n) is 6.77. The third-order valence-electron chi connectivity index (χ3n) is 5.10. The number of carbonyl (C=O) groups is 1. The summed E-state index contributed by atoms with van der Waals surface area (Å²) in [5, 5.41) is 0. The van der Waals surface area contributed by atoms with E-state index in [4.69, 9.17) is 0 Å². The standard InChI is InChI=1S/C16H19F3O/c1-9-8-10(16(17,18)19)6-7-11(9)12(20)13-14(2,3)15(13,4)5/h6-8,13H,1-5H3. The molecule has 1 aromatic carbocycles. The van der Waals surface area contributed by atoms with Crippen molar-refractivity contribution < 1.29 is 18.0 Å². The topological polar surface area (TPSA) is 17.1 Å². The van der Waals surface area contributed by atoms with Crippen LogP contribution >= 0.6 is 0 Å². The molecule has 0 unspecified atom stereocenters. The summed E-state index contributed by atoms with van der Waals surface area (Å²) in [5.41, 5.74) is -0.135. The van der Waals surface area contributed by atoms with Crippen LogP contribution in [0.1, 0.15) is 49.2 Å². The third-order valence-corrected chi connectivity index (χ3v) is 5.10. The van der Waals surface area contributed by atoms with Crippen LogP contribution in [0.5, 0.6) is 0 Å². The van der Waals surface area contributed by atoms with Gasteiger partial charge in [-0.15, -0.1) is 0 Å². The van der Waals surface area contributed by atoms with E-state index in [0.29, 0.717) is 11.1 Å². The van der Waals surface area contributed by atoms with Gasteiger partial charge in [0.25, 0.3) is 0 Å². The van der Waals surface area contributed by atoms with Crippen LogP contribution in [0, 0.1) is 23.7 Å². The van der Waals surface area contributed by atoms with E-state index in [1.807, 2.05) is 27.7 Å². The fourth-order valence-electron chi connectivity index (χ4n) is 3.12. The van der Waals surface area contributed by atoms with Gasteiger partial charge in [-0.1, -0.05) is 33.8 Å². The third kappa shape index (κ3) is 2.05. The molecule has 1 fully saturated rings. The Bertz CT molecular complexity index is 554. The zero-order valence-electron chi connectivity index (χ0n) is 12.4. The second kappa shape index (κ2) is 4.09. The normalized spacial score (nSPS) is 20.8. The lowest BCUT2D eigenvalue weighted by atomic mass is 9.96. The number of alkyl halides is 3. The summed E-state index contributed by atoms with van der Waals surface area (Å²) in [6.45, 7) is 9.65. The summed E-state index contributed by atoms with van der Waals surface area (Å²) in [7, 11) is 0. The van der Waals surface area contributed by atoms with Crippen molar-refractivity contribution in [2.45, 2.75) is 40.8 Å². The summed E-state index contributed by atoms with van der Waals surface area (Å²) < 4.78 is 37.9. The maximum absolute atomic E-state index is 12.6. The van der Waals surface area contributed by atoms with Crippen LogP contribution in [-0.4, -0.2) is 5.78 Å². The van der Waals surface area contributed by atoms with Gasteiger partial charge in [0.05, 0.1) is 5.56 Å². The molecule has 0 aromatic heterocycles. The van der Waals surface area contributed by atoms with Crippen LogP contribution in [-0.2, 0) is 6.18 Å². The van der Waals surface area contributed by atoms with Gasteiger partial charge in [0.15, 0.2) is 5.78 Å². The molecule has 0 N–H and O–H groups in total. The fourth-order valence-corrected chi connectivity index (χ4v) is 3.12. The van der Waals surface area contributed by atoms with Gasteiger partial charge >= 0.3 is 6.18 Å². The molecular formula is C16H19F3O. The Labute approximate surface area is 117 Å². The van der Waals surface area contributed by atoms with Gasteiger partial charge in [-0.25, -0.2) is 0 Å². The zero-order chi connectivity index (χ0) is 15.5. The van der Waals surface area contributed by atoms with Crippen LogP contribution in [0.3, 0.4) is 0 Å². The first-order chi connectivity index (χ1) is 8.90. The van der Waals surface area contributed by atoms with E-state index in [2.05, 4.69) is 0 Å². The summed E-state index contributed by atoms with van der Waals surface area (Å²) in [5.74, 6) is -0.184. The number of aryl methyl sites for hydroxylation is 1. The molecule has 1 saturated carbocycles. The first-order valence-electron chi connectivity index (χ1n) is 6.63. The van der Waals surface area contributed by atoms with E-state index in [-0.39, 0.29) is 22.5 Å². The van der Waals surface area contributed by atoms with E-state index in [1.54, 1.807) is 6.92 Å². The number of rotatable bonds is 2. The highest BCUT2D eigenvalue weighted by Crippen LogP contribution is 2.69. The summed E-state index contributed by atoms with van der Waals surface area (Å²) in [6.07, 6.45) is -4.37. The van der Waals surface area contributed by atoms with Gasteiger partial charge in [-0.05, 0) is 35.4 Å². The highest BCUT2D eigenvalue weighted by atomic mass is 19.4. The number of carbonyl (C=O) groups excluding carboxylic acids is 1. The fraction of sp³-hybridized carbons (Fsp3) is 0.562. The molecule has 0 atom stereocenters. The Morgan fingerprint density at radius 2 is 1.60 bits per heavy atom. The van der Waals surface area contributed by atoms with Crippen LogP contribution in [0.25, 0.3) is 0 Å². The number of ketones is 1. The van der Waals surface area contributed by atoms with Crippen molar-refractivity contribution in [3.05, 3.63) is 34.9 Å². The van der Waals surface area contributed by atoms with Gasteiger partial charge in [0.2, 0.25) is 0 Å². The van der Waals surface area contributed by atoms with E-state index < -0.39 is 11.7 Å². The molecule has 0 aliphatic heterocycles.